The van der Waals surface area contributed by atoms with E-state index >= 15 is 0 Å². The third-order valence-electron chi connectivity index (χ3n) is 3.13. The molecule has 0 spiro atoms. The Morgan fingerprint density at radius 2 is 1.61 bits per heavy atom. The molecule has 0 aliphatic carbocycles. The quantitative estimate of drug-likeness (QED) is 0.311. The van der Waals surface area contributed by atoms with Crippen molar-refractivity contribution in [1.82, 2.24) is 0 Å². The molecule has 0 heterocycles. The second-order valence-electron chi connectivity index (χ2n) is 4.66. The van der Waals surface area contributed by atoms with E-state index in [0.29, 0.717) is 10.6 Å². The molecule has 8 heteroatoms. The molecule has 23 heavy (non-hydrogen) atoms. The Kier molecular flexibility index (Phi) is 7.47. The van der Waals surface area contributed by atoms with Gasteiger partial charge >= 0.3 is 11.9 Å². The van der Waals surface area contributed by atoms with Crippen molar-refractivity contribution < 1.29 is 24.0 Å². The van der Waals surface area contributed by atoms with Gasteiger partial charge in [-0.1, -0.05) is 23.7 Å². The van der Waals surface area contributed by atoms with Gasteiger partial charge in [-0.3, -0.25) is 19.7 Å². The maximum absolute atomic E-state index is 12.2. The van der Waals surface area contributed by atoms with Crippen LogP contribution in [-0.4, -0.2) is 36.6 Å². The summed E-state index contributed by atoms with van der Waals surface area (Å²) in [4.78, 5) is 34.7. The lowest BCUT2D eigenvalue weighted by atomic mass is 9.86. The van der Waals surface area contributed by atoms with Gasteiger partial charge in [-0.15, -0.1) is 0 Å². The molecule has 0 aliphatic rings. The number of nitrogens with zero attached hydrogens (tertiary/aromatic N) is 1. The molecule has 0 N–H and O–H groups in total. The van der Waals surface area contributed by atoms with Crippen LogP contribution in [0.2, 0.25) is 5.02 Å². The molecule has 0 aliphatic heterocycles. The average Bonchev–Trinajstić information content (AvgIpc) is 2.47. The molecule has 0 fully saturated rings. The van der Waals surface area contributed by atoms with E-state index in [2.05, 4.69) is 0 Å². The maximum Gasteiger partial charge on any atom is 0.321 e. The molecule has 0 amide bonds. The van der Waals surface area contributed by atoms with E-state index in [-0.39, 0.29) is 13.2 Å². The van der Waals surface area contributed by atoms with Gasteiger partial charge in [0, 0.05) is 9.95 Å². The number of halogens is 1. The van der Waals surface area contributed by atoms with Crippen molar-refractivity contribution in [3.05, 3.63) is 45.0 Å². The lowest BCUT2D eigenvalue weighted by Crippen LogP contribution is -2.36. The van der Waals surface area contributed by atoms with E-state index in [4.69, 9.17) is 21.1 Å². The Balaban J connectivity index is 3.24. The van der Waals surface area contributed by atoms with Crippen molar-refractivity contribution in [3.63, 3.8) is 0 Å². The largest absolute Gasteiger partial charge is 0.465 e. The molecule has 7 nitrogen and oxygen atoms in total. The average molecular weight is 344 g/mol. The van der Waals surface area contributed by atoms with Gasteiger partial charge in [0.2, 0.25) is 6.54 Å². The van der Waals surface area contributed by atoms with Gasteiger partial charge < -0.3 is 9.47 Å². The molecular weight excluding hydrogens is 326 g/mol. The van der Waals surface area contributed by atoms with Crippen molar-refractivity contribution in [1.29, 1.82) is 0 Å². The SMILES string of the molecule is CCOC(=O)C(C(=O)OCC)[C@H](C[N+](=O)[O-])c1ccc(Cl)cc1. The van der Waals surface area contributed by atoms with E-state index in [0.717, 1.165) is 0 Å². The minimum absolute atomic E-state index is 0.0561. The Bertz CT molecular complexity index is 542. The molecule has 126 valence electrons. The van der Waals surface area contributed by atoms with Gasteiger partial charge in [0.1, 0.15) is 0 Å². The first-order valence-corrected chi connectivity index (χ1v) is 7.49. The maximum atomic E-state index is 12.2. The fourth-order valence-corrected chi connectivity index (χ4v) is 2.29. The number of hydrogen-bond acceptors (Lipinski definition) is 6. The van der Waals surface area contributed by atoms with Crippen LogP contribution in [-0.2, 0) is 19.1 Å². The highest BCUT2D eigenvalue weighted by atomic mass is 35.5. The normalized spacial score (nSPS) is 11.8. The Hall–Kier alpha value is -2.15. The van der Waals surface area contributed by atoms with Crippen LogP contribution < -0.4 is 0 Å². The van der Waals surface area contributed by atoms with Crippen LogP contribution in [0, 0.1) is 16.0 Å². The molecule has 0 unspecified atom stereocenters. The predicted octanol–water partition coefficient (Wildman–Crippen LogP) is 2.44. The van der Waals surface area contributed by atoms with Crippen LogP contribution >= 0.6 is 11.6 Å². The summed E-state index contributed by atoms with van der Waals surface area (Å²) in [6.45, 7) is 2.68. The molecule has 0 saturated carbocycles. The van der Waals surface area contributed by atoms with Gasteiger partial charge in [0.15, 0.2) is 5.92 Å². The molecule has 1 aromatic rings. The number of esters is 2. The van der Waals surface area contributed by atoms with Crippen LogP contribution in [0.15, 0.2) is 24.3 Å². The number of rotatable bonds is 8. The lowest BCUT2D eigenvalue weighted by molar-refractivity contribution is -0.484. The Labute approximate surface area is 138 Å². The summed E-state index contributed by atoms with van der Waals surface area (Å²) in [6.07, 6.45) is 0. The Morgan fingerprint density at radius 1 is 1.13 bits per heavy atom. The summed E-state index contributed by atoms with van der Waals surface area (Å²) in [6, 6.07) is 6.16. The molecule has 0 saturated heterocycles. The standard InChI is InChI=1S/C15H18ClNO6/c1-3-22-14(18)13(15(19)23-4-2)12(9-17(20)21)10-5-7-11(16)8-6-10/h5-8,12-13H,3-4,9H2,1-2H3/t12-/m1/s1. The van der Waals surface area contributed by atoms with E-state index in [1.807, 2.05) is 0 Å². The first-order chi connectivity index (χ1) is 10.9. The highest BCUT2D eigenvalue weighted by molar-refractivity contribution is 6.30. The van der Waals surface area contributed by atoms with Crippen molar-refractivity contribution in [2.45, 2.75) is 19.8 Å². The second kappa shape index (κ2) is 9.09. The molecule has 0 radical (unpaired) electrons. The van der Waals surface area contributed by atoms with Crippen molar-refractivity contribution >= 4 is 23.5 Å². The first-order valence-electron chi connectivity index (χ1n) is 7.11. The number of carbonyl (C=O) groups is 2. The fourth-order valence-electron chi connectivity index (χ4n) is 2.16. The summed E-state index contributed by atoms with van der Waals surface area (Å²) in [7, 11) is 0. The summed E-state index contributed by atoms with van der Waals surface area (Å²) in [5.41, 5.74) is 0.442. The van der Waals surface area contributed by atoms with Gasteiger partial charge in [0.25, 0.3) is 0 Å². The summed E-state index contributed by atoms with van der Waals surface area (Å²) >= 11 is 5.81. The van der Waals surface area contributed by atoms with Crippen LogP contribution in [0.1, 0.15) is 25.3 Å². The summed E-state index contributed by atoms with van der Waals surface area (Å²) in [5.74, 6) is -4.08. The van der Waals surface area contributed by atoms with Gasteiger partial charge in [-0.05, 0) is 31.5 Å². The number of nitro groups is 1. The summed E-state index contributed by atoms with van der Waals surface area (Å²) in [5, 5.41) is 11.4. The zero-order valence-electron chi connectivity index (χ0n) is 12.9. The smallest absolute Gasteiger partial charge is 0.321 e. The molecule has 1 aromatic carbocycles. The molecule has 0 aromatic heterocycles. The van der Waals surface area contributed by atoms with Crippen molar-refractivity contribution in [2.24, 2.45) is 5.92 Å². The van der Waals surface area contributed by atoms with Crippen LogP contribution in [0.4, 0.5) is 0 Å². The van der Waals surface area contributed by atoms with Crippen LogP contribution in [0.25, 0.3) is 0 Å². The third-order valence-corrected chi connectivity index (χ3v) is 3.38. The van der Waals surface area contributed by atoms with Crippen LogP contribution in [0.5, 0.6) is 0 Å². The zero-order valence-corrected chi connectivity index (χ0v) is 13.6. The number of ether oxygens (including phenoxy) is 2. The van der Waals surface area contributed by atoms with E-state index in [9.17, 15) is 19.7 Å². The predicted molar refractivity (Wildman–Crippen MR) is 82.8 cm³/mol. The highest BCUT2D eigenvalue weighted by Crippen LogP contribution is 2.28. The van der Waals surface area contributed by atoms with Crippen molar-refractivity contribution in [3.8, 4) is 0 Å². The highest BCUT2D eigenvalue weighted by Gasteiger charge is 2.41. The van der Waals surface area contributed by atoms with Gasteiger partial charge in [-0.2, -0.15) is 0 Å². The summed E-state index contributed by atoms with van der Waals surface area (Å²) < 4.78 is 9.78. The second-order valence-corrected chi connectivity index (χ2v) is 5.09. The minimum atomic E-state index is -1.40. The fraction of sp³-hybridized carbons (Fsp3) is 0.467. The number of benzene rings is 1. The van der Waals surface area contributed by atoms with Crippen LogP contribution in [0.3, 0.4) is 0 Å². The van der Waals surface area contributed by atoms with E-state index in [1.165, 1.54) is 12.1 Å². The molecule has 1 rings (SSSR count). The minimum Gasteiger partial charge on any atom is -0.465 e. The van der Waals surface area contributed by atoms with Crippen molar-refractivity contribution in [2.75, 3.05) is 19.8 Å². The molecule has 1 atom stereocenters. The third kappa shape index (κ3) is 5.52. The monoisotopic (exact) mass is 343 g/mol. The van der Waals surface area contributed by atoms with Gasteiger partial charge in [0.05, 0.1) is 19.1 Å². The number of carbonyl (C=O) groups excluding carboxylic acids is 2. The number of hydrogen-bond donors (Lipinski definition) is 0. The Morgan fingerprint density at radius 3 is 2.00 bits per heavy atom. The topological polar surface area (TPSA) is 95.7 Å². The molecule has 0 bridgehead atoms. The van der Waals surface area contributed by atoms with E-state index < -0.39 is 35.2 Å². The van der Waals surface area contributed by atoms with Gasteiger partial charge in [-0.25, -0.2) is 0 Å². The first kappa shape index (κ1) is 18.9. The lowest BCUT2D eigenvalue weighted by Gasteiger charge is -2.21. The molecular formula is C15H18ClNO6. The zero-order chi connectivity index (χ0) is 17.4. The van der Waals surface area contributed by atoms with E-state index in [1.54, 1.807) is 26.0 Å².